The number of hydrogen-bond donors (Lipinski definition) is 1. The van der Waals surface area contributed by atoms with Crippen LogP contribution in [-0.4, -0.2) is 18.1 Å². The third kappa shape index (κ3) is 3.00. The Morgan fingerprint density at radius 3 is 2.30 bits per heavy atom. The summed E-state index contributed by atoms with van der Waals surface area (Å²) >= 11 is 0. The molecule has 2 aromatic carbocycles. The largest absolute Gasteiger partial charge is 0.372 e. The molecular formula is C20H22N2O. The van der Waals surface area contributed by atoms with Gasteiger partial charge in [0.25, 0.3) is 5.56 Å². The quantitative estimate of drug-likeness (QED) is 0.778. The number of nitrogens with zero attached hydrogens (tertiary/aromatic N) is 1. The fourth-order valence-corrected chi connectivity index (χ4v) is 2.99. The molecule has 0 saturated carbocycles. The third-order valence-corrected chi connectivity index (χ3v) is 4.31. The second kappa shape index (κ2) is 6.29. The van der Waals surface area contributed by atoms with Crippen LogP contribution >= 0.6 is 0 Å². The molecule has 0 spiro atoms. The summed E-state index contributed by atoms with van der Waals surface area (Å²) in [5.74, 6) is 0. The Morgan fingerprint density at radius 1 is 0.957 bits per heavy atom. The van der Waals surface area contributed by atoms with E-state index in [9.17, 15) is 4.79 Å². The summed E-state index contributed by atoms with van der Waals surface area (Å²) in [5.41, 5.74) is 4.22. The highest BCUT2D eigenvalue weighted by molar-refractivity contribution is 5.85. The predicted molar refractivity (Wildman–Crippen MR) is 98.3 cm³/mol. The van der Waals surface area contributed by atoms with E-state index in [1.807, 2.05) is 19.1 Å². The molecule has 3 aromatic rings. The van der Waals surface area contributed by atoms with E-state index in [1.165, 1.54) is 5.69 Å². The molecule has 1 heterocycles. The van der Waals surface area contributed by atoms with Crippen LogP contribution < -0.4 is 10.5 Å². The Kier molecular flexibility index (Phi) is 4.20. The molecule has 3 rings (SSSR count). The van der Waals surface area contributed by atoms with Crippen LogP contribution in [0, 0.1) is 6.92 Å². The maximum atomic E-state index is 12.3. The van der Waals surface area contributed by atoms with Gasteiger partial charge in [-0.3, -0.25) is 4.79 Å². The molecule has 0 saturated heterocycles. The van der Waals surface area contributed by atoms with Crippen LogP contribution in [0.1, 0.15) is 19.4 Å². The van der Waals surface area contributed by atoms with Crippen molar-refractivity contribution in [3.05, 3.63) is 64.4 Å². The van der Waals surface area contributed by atoms with E-state index in [1.54, 1.807) is 0 Å². The van der Waals surface area contributed by atoms with Crippen molar-refractivity contribution >= 4 is 16.5 Å². The zero-order valence-corrected chi connectivity index (χ0v) is 13.9. The minimum Gasteiger partial charge on any atom is -0.372 e. The van der Waals surface area contributed by atoms with Crippen LogP contribution in [0.4, 0.5) is 5.69 Å². The predicted octanol–water partition coefficient (Wildman–Crippen LogP) is 4.35. The normalized spacial score (nSPS) is 10.9. The summed E-state index contributed by atoms with van der Waals surface area (Å²) in [7, 11) is 0. The molecule has 23 heavy (non-hydrogen) atoms. The summed E-state index contributed by atoms with van der Waals surface area (Å²) in [6.07, 6.45) is 0. The Balaban J connectivity index is 2.04. The highest BCUT2D eigenvalue weighted by Gasteiger charge is 2.06. The van der Waals surface area contributed by atoms with Crippen molar-refractivity contribution in [2.24, 2.45) is 0 Å². The van der Waals surface area contributed by atoms with Crippen LogP contribution in [0.15, 0.2) is 53.3 Å². The number of rotatable bonds is 4. The molecule has 3 heteroatoms. The number of benzene rings is 2. The van der Waals surface area contributed by atoms with E-state index in [0.717, 1.165) is 40.7 Å². The molecule has 0 aliphatic heterocycles. The van der Waals surface area contributed by atoms with Crippen molar-refractivity contribution in [3.63, 3.8) is 0 Å². The van der Waals surface area contributed by atoms with Crippen LogP contribution in [0.2, 0.25) is 0 Å². The molecule has 0 radical (unpaired) electrons. The maximum absolute atomic E-state index is 12.3. The van der Waals surface area contributed by atoms with E-state index in [4.69, 9.17) is 0 Å². The average molecular weight is 306 g/mol. The number of aryl methyl sites for hydroxylation is 1. The lowest BCUT2D eigenvalue weighted by atomic mass is 10.1. The van der Waals surface area contributed by atoms with Gasteiger partial charge in [0.15, 0.2) is 0 Å². The standard InChI is InChI=1S/C20H22N2O/c1-4-22(5-2)17-9-7-15(8-10-17)19-13-16-12-14(3)6-11-18(16)20(23)21-19/h6-13H,4-5H2,1-3H3,(H,21,23). The van der Waals surface area contributed by atoms with Crippen molar-refractivity contribution in [2.75, 3.05) is 18.0 Å². The zero-order chi connectivity index (χ0) is 16.4. The first-order valence-corrected chi connectivity index (χ1v) is 8.11. The van der Waals surface area contributed by atoms with Gasteiger partial charge >= 0.3 is 0 Å². The number of nitrogens with one attached hydrogen (secondary N) is 1. The molecule has 3 nitrogen and oxygen atoms in total. The lowest BCUT2D eigenvalue weighted by Gasteiger charge is -2.21. The monoisotopic (exact) mass is 306 g/mol. The molecule has 1 aromatic heterocycles. The van der Waals surface area contributed by atoms with Gasteiger partial charge in [0.1, 0.15) is 0 Å². The number of aromatic amines is 1. The van der Waals surface area contributed by atoms with Crippen molar-refractivity contribution in [2.45, 2.75) is 20.8 Å². The molecule has 0 amide bonds. The number of fused-ring (bicyclic) bond motifs is 1. The van der Waals surface area contributed by atoms with Crippen LogP contribution in [-0.2, 0) is 0 Å². The first-order valence-electron chi connectivity index (χ1n) is 8.11. The Morgan fingerprint density at radius 2 is 1.65 bits per heavy atom. The second-order valence-electron chi connectivity index (χ2n) is 5.82. The van der Waals surface area contributed by atoms with E-state index in [0.29, 0.717) is 0 Å². The summed E-state index contributed by atoms with van der Waals surface area (Å²) < 4.78 is 0. The van der Waals surface area contributed by atoms with Gasteiger partial charge in [-0.1, -0.05) is 29.8 Å². The first-order chi connectivity index (χ1) is 11.1. The van der Waals surface area contributed by atoms with Gasteiger partial charge in [-0.25, -0.2) is 0 Å². The molecule has 1 N–H and O–H groups in total. The summed E-state index contributed by atoms with van der Waals surface area (Å²) in [5, 5.41) is 1.72. The fraction of sp³-hybridized carbons (Fsp3) is 0.250. The molecule has 0 aliphatic carbocycles. The summed E-state index contributed by atoms with van der Waals surface area (Å²) in [4.78, 5) is 17.6. The van der Waals surface area contributed by atoms with Crippen molar-refractivity contribution < 1.29 is 0 Å². The van der Waals surface area contributed by atoms with E-state index < -0.39 is 0 Å². The topological polar surface area (TPSA) is 36.1 Å². The number of H-pyrrole nitrogens is 1. The molecule has 0 aliphatic rings. The molecule has 0 unspecified atom stereocenters. The highest BCUT2D eigenvalue weighted by Crippen LogP contribution is 2.23. The number of hydrogen-bond acceptors (Lipinski definition) is 2. The van der Waals surface area contributed by atoms with Crippen molar-refractivity contribution in [1.29, 1.82) is 0 Å². The molecule has 0 bridgehead atoms. The van der Waals surface area contributed by atoms with Crippen molar-refractivity contribution in [1.82, 2.24) is 4.98 Å². The molecule has 0 atom stereocenters. The van der Waals surface area contributed by atoms with E-state index in [2.05, 4.69) is 60.1 Å². The van der Waals surface area contributed by atoms with Crippen LogP contribution in [0.3, 0.4) is 0 Å². The zero-order valence-electron chi connectivity index (χ0n) is 13.9. The van der Waals surface area contributed by atoms with Gasteiger partial charge in [0.05, 0.1) is 0 Å². The minimum atomic E-state index is -0.0367. The van der Waals surface area contributed by atoms with Crippen LogP contribution in [0.5, 0.6) is 0 Å². The van der Waals surface area contributed by atoms with E-state index >= 15 is 0 Å². The summed E-state index contributed by atoms with van der Waals surface area (Å²) in [6.45, 7) is 8.32. The lowest BCUT2D eigenvalue weighted by Crippen LogP contribution is -2.21. The summed E-state index contributed by atoms with van der Waals surface area (Å²) in [6, 6.07) is 16.3. The lowest BCUT2D eigenvalue weighted by molar-refractivity contribution is 0.866. The van der Waals surface area contributed by atoms with Crippen molar-refractivity contribution in [3.8, 4) is 11.3 Å². The Bertz CT molecular complexity index is 874. The minimum absolute atomic E-state index is 0.0367. The smallest absolute Gasteiger partial charge is 0.256 e. The number of aromatic nitrogens is 1. The second-order valence-corrected chi connectivity index (χ2v) is 5.82. The fourth-order valence-electron chi connectivity index (χ4n) is 2.99. The Labute approximate surface area is 136 Å². The van der Waals surface area contributed by atoms with Gasteiger partial charge in [-0.2, -0.15) is 0 Å². The van der Waals surface area contributed by atoms with Gasteiger partial charge in [-0.05, 0) is 56.0 Å². The first kappa shape index (κ1) is 15.3. The Hall–Kier alpha value is -2.55. The number of pyridine rings is 1. The van der Waals surface area contributed by atoms with Gasteiger partial charge in [0.2, 0.25) is 0 Å². The molecular weight excluding hydrogens is 284 g/mol. The SMILES string of the molecule is CCN(CC)c1ccc(-c2cc3cc(C)ccc3c(=O)[nH]2)cc1. The molecule has 118 valence electrons. The van der Waals surface area contributed by atoms with Gasteiger partial charge in [-0.15, -0.1) is 0 Å². The van der Waals surface area contributed by atoms with Gasteiger partial charge < -0.3 is 9.88 Å². The molecule has 0 fully saturated rings. The average Bonchev–Trinajstić information content (AvgIpc) is 2.56. The highest BCUT2D eigenvalue weighted by atomic mass is 16.1. The van der Waals surface area contributed by atoms with Crippen LogP contribution in [0.25, 0.3) is 22.0 Å². The van der Waals surface area contributed by atoms with Gasteiger partial charge in [0, 0.05) is 29.9 Å². The third-order valence-electron chi connectivity index (χ3n) is 4.31. The van der Waals surface area contributed by atoms with E-state index in [-0.39, 0.29) is 5.56 Å². The number of anilines is 1. The maximum Gasteiger partial charge on any atom is 0.256 e.